The van der Waals surface area contributed by atoms with Crippen molar-refractivity contribution in [1.82, 2.24) is 4.90 Å². The van der Waals surface area contributed by atoms with Gasteiger partial charge in [-0.1, -0.05) is 88.4 Å². The number of ether oxygens (including phenoxy) is 1. The van der Waals surface area contributed by atoms with Crippen molar-refractivity contribution in [2.24, 2.45) is 5.92 Å². The van der Waals surface area contributed by atoms with Crippen molar-refractivity contribution in [3.8, 4) is 0 Å². The first-order valence-electron chi connectivity index (χ1n) is 10.3. The van der Waals surface area contributed by atoms with E-state index in [0.29, 0.717) is 6.61 Å². The second-order valence-electron chi connectivity index (χ2n) is 9.21. The quantitative estimate of drug-likeness (QED) is 0.519. The molecule has 0 radical (unpaired) electrons. The summed E-state index contributed by atoms with van der Waals surface area (Å²) in [6.45, 7) is 9.50. The van der Waals surface area contributed by atoms with E-state index in [1.165, 1.54) is 10.4 Å². The summed E-state index contributed by atoms with van der Waals surface area (Å²) in [5.41, 5.74) is 0. The molecule has 0 spiro atoms. The minimum atomic E-state index is -2.55. The highest BCUT2D eigenvalue weighted by atomic mass is 28.4. The van der Waals surface area contributed by atoms with Gasteiger partial charge in [-0.05, 0) is 15.4 Å². The largest absolute Gasteiger partial charge is 0.407 e. The van der Waals surface area contributed by atoms with Crippen LogP contribution in [0.4, 0.5) is 0 Å². The monoisotopic (exact) mass is 411 g/mol. The minimum Gasteiger partial charge on any atom is -0.407 e. The molecule has 1 amide bonds. The van der Waals surface area contributed by atoms with Gasteiger partial charge in [0, 0.05) is 26.6 Å². The van der Waals surface area contributed by atoms with E-state index < -0.39 is 8.32 Å². The fraction of sp³-hybridized carbons (Fsp3) is 0.458. The summed E-state index contributed by atoms with van der Waals surface area (Å²) in [5.74, 6) is 0.179. The predicted octanol–water partition coefficient (Wildman–Crippen LogP) is 3.05. The summed E-state index contributed by atoms with van der Waals surface area (Å²) in [6.07, 6.45) is -0.397. The molecule has 1 aliphatic heterocycles. The molecule has 3 rings (SSSR count). The van der Waals surface area contributed by atoms with Gasteiger partial charge in [0.15, 0.2) is 6.10 Å². The number of epoxide rings is 1. The summed E-state index contributed by atoms with van der Waals surface area (Å²) in [7, 11) is 0.985. The zero-order chi connectivity index (χ0) is 21.2. The second kappa shape index (κ2) is 8.42. The molecule has 2 aromatic carbocycles. The average Bonchev–Trinajstić information content (AvgIpc) is 3.49. The molecule has 1 heterocycles. The Morgan fingerprint density at radius 3 is 1.93 bits per heavy atom. The maximum absolute atomic E-state index is 12.2. The Balaban J connectivity index is 1.90. The first-order chi connectivity index (χ1) is 13.7. The summed E-state index contributed by atoms with van der Waals surface area (Å²) in [6, 6.07) is 21.2. The van der Waals surface area contributed by atoms with Crippen LogP contribution in [0.2, 0.25) is 5.04 Å². The summed E-state index contributed by atoms with van der Waals surface area (Å²) >= 11 is 0. The van der Waals surface area contributed by atoms with Gasteiger partial charge in [-0.3, -0.25) is 4.79 Å². The van der Waals surface area contributed by atoms with Gasteiger partial charge in [-0.15, -0.1) is 0 Å². The third kappa shape index (κ3) is 4.32. The van der Waals surface area contributed by atoms with Crippen molar-refractivity contribution in [3.05, 3.63) is 60.7 Å². The number of likely N-dealkylation sites (N-methyl/N-ethyl adjacent to an activating group) is 1. The lowest BCUT2D eigenvalue weighted by Crippen LogP contribution is -2.67. The van der Waals surface area contributed by atoms with E-state index in [-0.39, 0.29) is 29.1 Å². The minimum absolute atomic E-state index is 0.0345. The number of carbonyl (C=O) groups is 1. The molecule has 1 aliphatic rings. The molecule has 3 atom stereocenters. The van der Waals surface area contributed by atoms with Crippen LogP contribution in [-0.2, 0) is 14.0 Å². The van der Waals surface area contributed by atoms with Gasteiger partial charge in [0.1, 0.15) is 0 Å². The molecular formula is C24H33NO3Si. The number of carbonyl (C=O) groups excluding carboxylic acids is 1. The Kier molecular flexibility index (Phi) is 6.32. The lowest BCUT2D eigenvalue weighted by atomic mass is 10.1. The third-order valence-corrected chi connectivity index (χ3v) is 10.8. The lowest BCUT2D eigenvalue weighted by molar-refractivity contribution is -0.129. The zero-order valence-electron chi connectivity index (χ0n) is 18.4. The SMILES string of the molecule is C[C@@H](CO[Si](c1ccccc1)(c1ccccc1)C(C)(C)C)C1OC1C(=O)N(C)C. The van der Waals surface area contributed by atoms with Gasteiger partial charge < -0.3 is 14.1 Å². The van der Waals surface area contributed by atoms with E-state index in [1.54, 1.807) is 19.0 Å². The predicted molar refractivity (Wildman–Crippen MR) is 120 cm³/mol. The van der Waals surface area contributed by atoms with Crippen molar-refractivity contribution in [2.75, 3.05) is 20.7 Å². The normalized spacial score (nSPS) is 20.2. The standard InChI is InChI=1S/C24H33NO3Si/c1-18(21-22(28-21)23(26)25(5)6)17-27-29(24(2,3)4,19-13-9-7-10-14-19)20-15-11-8-12-16-20/h7-16,18,21-22H,17H2,1-6H3/t18-,21?,22?/m0/s1. The average molecular weight is 412 g/mol. The Bertz CT molecular complexity index is 778. The van der Waals surface area contributed by atoms with Crippen LogP contribution in [0.1, 0.15) is 27.7 Å². The van der Waals surface area contributed by atoms with Gasteiger partial charge in [0.2, 0.25) is 0 Å². The van der Waals surface area contributed by atoms with Crippen molar-refractivity contribution in [2.45, 2.75) is 44.9 Å². The first-order valence-corrected chi connectivity index (χ1v) is 12.2. The molecule has 2 unspecified atom stereocenters. The second-order valence-corrected chi connectivity index (χ2v) is 13.5. The molecular weight excluding hydrogens is 378 g/mol. The molecule has 29 heavy (non-hydrogen) atoms. The van der Waals surface area contributed by atoms with Gasteiger partial charge in [0.25, 0.3) is 14.2 Å². The summed E-state index contributed by atoms with van der Waals surface area (Å²) in [5, 5.41) is 2.48. The van der Waals surface area contributed by atoms with E-state index >= 15 is 0 Å². The van der Waals surface area contributed by atoms with Crippen molar-refractivity contribution < 1.29 is 14.0 Å². The number of hydrogen-bond donors (Lipinski definition) is 0. The van der Waals surface area contributed by atoms with E-state index in [1.807, 2.05) is 0 Å². The maximum atomic E-state index is 12.2. The molecule has 156 valence electrons. The fourth-order valence-electron chi connectivity index (χ4n) is 4.12. The Morgan fingerprint density at radius 1 is 1.03 bits per heavy atom. The highest BCUT2D eigenvalue weighted by Crippen LogP contribution is 2.38. The topological polar surface area (TPSA) is 42.1 Å². The molecule has 5 heteroatoms. The van der Waals surface area contributed by atoms with Gasteiger partial charge in [-0.25, -0.2) is 0 Å². The highest BCUT2D eigenvalue weighted by molar-refractivity contribution is 6.99. The molecule has 0 bridgehead atoms. The van der Waals surface area contributed by atoms with Crippen LogP contribution in [0, 0.1) is 5.92 Å². The number of benzene rings is 2. The van der Waals surface area contributed by atoms with Crippen LogP contribution in [-0.4, -0.2) is 52.0 Å². The van der Waals surface area contributed by atoms with E-state index in [2.05, 4.69) is 88.4 Å². The van der Waals surface area contributed by atoms with Crippen LogP contribution in [0.15, 0.2) is 60.7 Å². The molecule has 0 saturated carbocycles. The molecule has 0 N–H and O–H groups in total. The van der Waals surface area contributed by atoms with Crippen LogP contribution in [0.5, 0.6) is 0 Å². The fourth-order valence-corrected chi connectivity index (χ4v) is 8.79. The van der Waals surface area contributed by atoms with Gasteiger partial charge in [-0.2, -0.15) is 0 Å². The molecule has 0 aliphatic carbocycles. The van der Waals surface area contributed by atoms with Crippen LogP contribution < -0.4 is 10.4 Å². The van der Waals surface area contributed by atoms with Crippen molar-refractivity contribution in [1.29, 1.82) is 0 Å². The van der Waals surface area contributed by atoms with Crippen molar-refractivity contribution in [3.63, 3.8) is 0 Å². The Labute approximate surface area is 176 Å². The molecule has 1 fully saturated rings. The molecule has 2 aromatic rings. The van der Waals surface area contributed by atoms with E-state index in [0.717, 1.165) is 0 Å². The smallest absolute Gasteiger partial charge is 0.261 e. The first kappa shape index (κ1) is 21.7. The molecule has 1 saturated heterocycles. The van der Waals surface area contributed by atoms with Crippen LogP contribution in [0.25, 0.3) is 0 Å². The number of hydrogen-bond acceptors (Lipinski definition) is 3. The number of rotatable bonds is 7. The van der Waals surface area contributed by atoms with Crippen molar-refractivity contribution >= 4 is 24.6 Å². The maximum Gasteiger partial charge on any atom is 0.261 e. The highest BCUT2D eigenvalue weighted by Gasteiger charge is 2.53. The van der Waals surface area contributed by atoms with E-state index in [9.17, 15) is 4.79 Å². The van der Waals surface area contributed by atoms with E-state index in [4.69, 9.17) is 9.16 Å². The van der Waals surface area contributed by atoms with Gasteiger partial charge in [0.05, 0.1) is 6.10 Å². The third-order valence-electron chi connectivity index (χ3n) is 5.75. The Hall–Kier alpha value is -1.95. The zero-order valence-corrected chi connectivity index (χ0v) is 19.4. The van der Waals surface area contributed by atoms with Crippen LogP contribution in [0.3, 0.4) is 0 Å². The summed E-state index contributed by atoms with van der Waals surface area (Å²) < 4.78 is 12.7. The lowest BCUT2D eigenvalue weighted by Gasteiger charge is -2.43. The van der Waals surface area contributed by atoms with Gasteiger partial charge >= 0.3 is 0 Å². The Morgan fingerprint density at radius 2 is 1.52 bits per heavy atom. The number of amides is 1. The van der Waals surface area contributed by atoms with Crippen LogP contribution >= 0.6 is 0 Å². The number of nitrogens with zero attached hydrogens (tertiary/aromatic N) is 1. The summed E-state index contributed by atoms with van der Waals surface area (Å²) in [4.78, 5) is 13.8. The molecule has 4 nitrogen and oxygen atoms in total. The molecule has 0 aromatic heterocycles.